The number of hydrogen-bond acceptors (Lipinski definition) is 3. The summed E-state index contributed by atoms with van der Waals surface area (Å²) in [4.78, 5) is 24.5. The number of benzene rings is 2. The molecule has 0 saturated carbocycles. The van der Waals surface area contributed by atoms with E-state index in [1.54, 1.807) is 18.5 Å². The molecule has 6 heteroatoms. The Bertz CT molecular complexity index is 1390. The third-order valence-electron chi connectivity index (χ3n) is 4.90. The number of hydrogen-bond donors (Lipinski definition) is 1. The van der Waals surface area contributed by atoms with Gasteiger partial charge in [0.1, 0.15) is 17.3 Å². The minimum absolute atomic E-state index is 0.164. The lowest BCUT2D eigenvalue weighted by atomic mass is 10.00. The van der Waals surface area contributed by atoms with Crippen LogP contribution in [-0.2, 0) is 0 Å². The first-order valence-corrected chi connectivity index (χ1v) is 8.93. The molecule has 0 amide bonds. The largest absolute Gasteiger partial charge is 0.345 e. The van der Waals surface area contributed by atoms with Crippen molar-refractivity contribution >= 4 is 27.7 Å². The number of nitrogens with one attached hydrogen (secondary N) is 1. The number of halogens is 2. The molecule has 5 aromatic rings. The van der Waals surface area contributed by atoms with Crippen LogP contribution in [0.1, 0.15) is 15.9 Å². The molecule has 0 aliphatic heterocycles. The Morgan fingerprint density at radius 2 is 1.72 bits per heavy atom. The van der Waals surface area contributed by atoms with E-state index in [-0.39, 0.29) is 5.56 Å². The van der Waals surface area contributed by atoms with Crippen LogP contribution >= 0.6 is 0 Å². The van der Waals surface area contributed by atoms with Crippen molar-refractivity contribution in [2.45, 2.75) is 0 Å². The molecule has 0 unspecified atom stereocenters. The number of ketones is 1. The third-order valence-corrected chi connectivity index (χ3v) is 4.90. The molecular weight excluding hydrogens is 372 g/mol. The topological polar surface area (TPSA) is 58.6 Å². The average Bonchev–Trinajstić information content (AvgIpc) is 3.16. The number of pyridine rings is 2. The Hall–Kier alpha value is -3.93. The van der Waals surface area contributed by atoms with Crippen LogP contribution in [0.5, 0.6) is 0 Å². The number of rotatable bonds is 3. The predicted molar refractivity (Wildman–Crippen MR) is 107 cm³/mol. The van der Waals surface area contributed by atoms with Gasteiger partial charge < -0.3 is 4.98 Å². The van der Waals surface area contributed by atoms with Gasteiger partial charge in [-0.05, 0) is 35.9 Å². The zero-order valence-electron chi connectivity index (χ0n) is 15.0. The number of nitrogens with zero attached hydrogens (tertiary/aromatic N) is 2. The van der Waals surface area contributed by atoms with Crippen LogP contribution in [0, 0.1) is 11.6 Å². The number of aromatic nitrogens is 3. The molecule has 0 fully saturated rings. The average molecular weight is 385 g/mol. The summed E-state index contributed by atoms with van der Waals surface area (Å²) in [6, 6.07) is 14.8. The van der Waals surface area contributed by atoms with Gasteiger partial charge in [0.25, 0.3) is 0 Å². The summed E-state index contributed by atoms with van der Waals surface area (Å²) < 4.78 is 28.2. The second-order valence-electron chi connectivity index (χ2n) is 6.66. The van der Waals surface area contributed by atoms with Crippen molar-refractivity contribution in [1.29, 1.82) is 0 Å². The molecule has 5 rings (SSSR count). The molecule has 3 aromatic heterocycles. The molecule has 0 saturated heterocycles. The maximum atomic E-state index is 14.1. The van der Waals surface area contributed by atoms with Crippen molar-refractivity contribution in [2.75, 3.05) is 0 Å². The van der Waals surface area contributed by atoms with Crippen LogP contribution in [0.25, 0.3) is 33.1 Å². The number of fused-ring (bicyclic) bond motifs is 2. The van der Waals surface area contributed by atoms with E-state index < -0.39 is 23.0 Å². The summed E-state index contributed by atoms with van der Waals surface area (Å²) in [6.45, 7) is 0. The fraction of sp³-hybridized carbons (Fsp3) is 0. The second kappa shape index (κ2) is 6.60. The zero-order valence-corrected chi connectivity index (χ0v) is 15.0. The van der Waals surface area contributed by atoms with E-state index in [9.17, 15) is 13.6 Å². The van der Waals surface area contributed by atoms with Crippen LogP contribution in [0.3, 0.4) is 0 Å². The quantitative estimate of drug-likeness (QED) is 0.430. The molecule has 1 N–H and O–H groups in total. The van der Waals surface area contributed by atoms with Gasteiger partial charge in [0.15, 0.2) is 0 Å². The van der Waals surface area contributed by atoms with Crippen molar-refractivity contribution in [2.24, 2.45) is 0 Å². The van der Waals surface area contributed by atoms with Crippen LogP contribution in [0.4, 0.5) is 8.78 Å². The molecule has 0 radical (unpaired) electrons. The highest BCUT2D eigenvalue weighted by molar-refractivity contribution is 6.16. The standard InChI is InChI=1S/C23H13F2N3O/c24-18-4-1-5-19(25)21(18)22(29)17-12-28-23-16(17)9-15(11-27-23)14-7-6-13-3-2-8-26-20(13)10-14/h1-12H,(H,27,28). The Morgan fingerprint density at radius 3 is 2.55 bits per heavy atom. The van der Waals surface area contributed by atoms with Crippen molar-refractivity contribution < 1.29 is 13.6 Å². The molecule has 2 aromatic carbocycles. The normalized spacial score (nSPS) is 11.2. The molecule has 0 atom stereocenters. The minimum Gasteiger partial charge on any atom is -0.345 e. The summed E-state index contributed by atoms with van der Waals surface area (Å²) >= 11 is 0. The summed E-state index contributed by atoms with van der Waals surface area (Å²) in [5.74, 6) is -2.52. The van der Waals surface area contributed by atoms with Crippen LogP contribution < -0.4 is 0 Å². The number of carbonyl (C=O) groups excluding carboxylic acids is 1. The first kappa shape index (κ1) is 17.2. The summed E-state index contributed by atoms with van der Waals surface area (Å²) in [5.41, 5.74) is 2.54. The van der Waals surface area contributed by atoms with Crippen LogP contribution in [0.15, 0.2) is 73.2 Å². The highest BCUT2D eigenvalue weighted by atomic mass is 19.1. The van der Waals surface area contributed by atoms with E-state index in [1.165, 1.54) is 12.3 Å². The van der Waals surface area contributed by atoms with Gasteiger partial charge >= 0.3 is 0 Å². The van der Waals surface area contributed by atoms with Gasteiger partial charge in [-0.3, -0.25) is 9.78 Å². The molecule has 0 spiro atoms. The highest BCUT2D eigenvalue weighted by Gasteiger charge is 2.22. The lowest BCUT2D eigenvalue weighted by Crippen LogP contribution is -2.07. The Balaban J connectivity index is 1.64. The van der Waals surface area contributed by atoms with E-state index in [0.717, 1.165) is 34.2 Å². The number of aromatic amines is 1. The lowest BCUT2D eigenvalue weighted by Gasteiger charge is -2.06. The molecule has 140 valence electrons. The molecule has 0 aliphatic carbocycles. The molecule has 3 heterocycles. The van der Waals surface area contributed by atoms with Gasteiger partial charge in [-0.1, -0.05) is 24.3 Å². The molecule has 0 bridgehead atoms. The van der Waals surface area contributed by atoms with Crippen molar-refractivity contribution in [3.63, 3.8) is 0 Å². The Labute approximate surface area is 163 Å². The predicted octanol–water partition coefficient (Wildman–Crippen LogP) is 5.29. The number of carbonyl (C=O) groups is 1. The van der Waals surface area contributed by atoms with Crippen molar-refractivity contribution in [1.82, 2.24) is 15.0 Å². The molecule has 4 nitrogen and oxygen atoms in total. The van der Waals surface area contributed by atoms with E-state index in [1.807, 2.05) is 30.3 Å². The smallest absolute Gasteiger partial charge is 0.201 e. The zero-order chi connectivity index (χ0) is 20.0. The van der Waals surface area contributed by atoms with Crippen molar-refractivity contribution in [3.05, 3.63) is 95.9 Å². The first-order chi connectivity index (χ1) is 14.1. The maximum Gasteiger partial charge on any atom is 0.201 e. The molecule has 0 aliphatic rings. The lowest BCUT2D eigenvalue weighted by molar-refractivity contribution is 0.103. The summed E-state index contributed by atoms with van der Waals surface area (Å²) in [7, 11) is 0. The van der Waals surface area contributed by atoms with Gasteiger partial charge in [0.2, 0.25) is 5.78 Å². The fourth-order valence-corrected chi connectivity index (χ4v) is 3.44. The highest BCUT2D eigenvalue weighted by Crippen LogP contribution is 2.28. The molecular formula is C23H13F2N3O. The number of H-pyrrole nitrogens is 1. The van der Waals surface area contributed by atoms with E-state index in [0.29, 0.717) is 11.0 Å². The van der Waals surface area contributed by atoms with Gasteiger partial charge in [-0.25, -0.2) is 13.8 Å². The monoisotopic (exact) mass is 385 g/mol. The summed E-state index contributed by atoms with van der Waals surface area (Å²) in [6.07, 6.45) is 4.83. The summed E-state index contributed by atoms with van der Waals surface area (Å²) in [5, 5.41) is 1.51. The van der Waals surface area contributed by atoms with Crippen molar-refractivity contribution in [3.8, 4) is 11.1 Å². The van der Waals surface area contributed by atoms with Gasteiger partial charge in [-0.2, -0.15) is 0 Å². The van der Waals surface area contributed by atoms with Gasteiger partial charge in [0.05, 0.1) is 11.1 Å². The van der Waals surface area contributed by atoms with E-state index >= 15 is 0 Å². The second-order valence-corrected chi connectivity index (χ2v) is 6.66. The van der Waals surface area contributed by atoms with Gasteiger partial charge in [-0.15, -0.1) is 0 Å². The van der Waals surface area contributed by atoms with Gasteiger partial charge in [0, 0.05) is 40.5 Å². The maximum absolute atomic E-state index is 14.1. The SMILES string of the molecule is O=C(c1c(F)cccc1F)c1c[nH]c2ncc(-c3ccc4cccnc4c3)cc12. The van der Waals surface area contributed by atoms with E-state index in [2.05, 4.69) is 15.0 Å². The first-order valence-electron chi connectivity index (χ1n) is 8.93. The minimum atomic E-state index is -0.894. The fourth-order valence-electron chi connectivity index (χ4n) is 3.44. The molecule has 29 heavy (non-hydrogen) atoms. The Morgan fingerprint density at radius 1 is 0.897 bits per heavy atom. The third kappa shape index (κ3) is 2.86. The van der Waals surface area contributed by atoms with E-state index in [4.69, 9.17) is 0 Å². The Kier molecular flexibility index (Phi) is 3.91. The van der Waals surface area contributed by atoms with Crippen LogP contribution in [-0.4, -0.2) is 20.7 Å². The van der Waals surface area contributed by atoms with Crippen LogP contribution in [0.2, 0.25) is 0 Å².